The van der Waals surface area contributed by atoms with Gasteiger partial charge in [-0.15, -0.1) is 18.3 Å². The Labute approximate surface area is 101 Å². The fraction of sp³-hybridized carbons (Fsp3) is 0.385. The maximum Gasteiger partial charge on any atom is 0.136 e. The van der Waals surface area contributed by atoms with Crippen molar-refractivity contribution >= 4 is 11.8 Å². The first-order chi connectivity index (χ1) is 7.77. The molecule has 1 unspecified atom stereocenters. The molecule has 0 spiro atoms. The fourth-order valence-electron chi connectivity index (χ4n) is 1.38. The van der Waals surface area contributed by atoms with Crippen LogP contribution in [0.5, 0.6) is 0 Å². The SMILES string of the molecule is C=CCCC(CSc1ccccc1F)NC. The third-order valence-electron chi connectivity index (χ3n) is 2.40. The summed E-state index contributed by atoms with van der Waals surface area (Å²) in [6, 6.07) is 7.30. The van der Waals surface area contributed by atoms with Gasteiger partial charge in [-0.25, -0.2) is 4.39 Å². The molecule has 1 aromatic rings. The molecular formula is C13H18FNS. The lowest BCUT2D eigenvalue weighted by Crippen LogP contribution is -2.27. The third-order valence-corrected chi connectivity index (χ3v) is 3.62. The van der Waals surface area contributed by atoms with Crippen molar-refractivity contribution in [1.82, 2.24) is 5.32 Å². The normalized spacial score (nSPS) is 12.4. The van der Waals surface area contributed by atoms with Crippen molar-refractivity contribution in [3.8, 4) is 0 Å². The highest BCUT2D eigenvalue weighted by atomic mass is 32.2. The molecule has 0 heterocycles. The van der Waals surface area contributed by atoms with Crippen molar-refractivity contribution < 1.29 is 4.39 Å². The van der Waals surface area contributed by atoms with E-state index in [1.807, 2.05) is 25.3 Å². The van der Waals surface area contributed by atoms with Crippen molar-refractivity contribution in [1.29, 1.82) is 0 Å². The molecule has 1 rings (SSSR count). The molecule has 1 nitrogen and oxygen atoms in total. The van der Waals surface area contributed by atoms with Gasteiger partial charge in [-0.3, -0.25) is 0 Å². The van der Waals surface area contributed by atoms with Crippen LogP contribution in [0.25, 0.3) is 0 Å². The second kappa shape index (κ2) is 7.47. The first-order valence-electron chi connectivity index (χ1n) is 5.43. The Morgan fingerprint density at radius 3 is 2.88 bits per heavy atom. The van der Waals surface area contributed by atoms with Crippen molar-refractivity contribution in [3.63, 3.8) is 0 Å². The van der Waals surface area contributed by atoms with Gasteiger partial charge in [0.1, 0.15) is 5.82 Å². The first kappa shape index (κ1) is 13.3. The van der Waals surface area contributed by atoms with Gasteiger partial charge < -0.3 is 5.32 Å². The first-order valence-corrected chi connectivity index (χ1v) is 6.42. The number of benzene rings is 1. The van der Waals surface area contributed by atoms with Gasteiger partial charge in [0.05, 0.1) is 0 Å². The summed E-state index contributed by atoms with van der Waals surface area (Å²) >= 11 is 1.56. The quantitative estimate of drug-likeness (QED) is 0.577. The topological polar surface area (TPSA) is 12.0 Å². The monoisotopic (exact) mass is 239 g/mol. The zero-order valence-electron chi connectivity index (χ0n) is 9.58. The lowest BCUT2D eigenvalue weighted by Gasteiger charge is -2.14. The van der Waals surface area contributed by atoms with E-state index in [-0.39, 0.29) is 5.82 Å². The van der Waals surface area contributed by atoms with Crippen molar-refractivity contribution in [3.05, 3.63) is 42.7 Å². The predicted octanol–water partition coefficient (Wildman–Crippen LogP) is 3.47. The minimum Gasteiger partial charge on any atom is -0.316 e. The predicted molar refractivity (Wildman–Crippen MR) is 69.4 cm³/mol. The number of nitrogens with one attached hydrogen (secondary N) is 1. The molecule has 0 amide bonds. The molecule has 0 aromatic heterocycles. The van der Waals surface area contributed by atoms with Crippen LogP contribution in [0.1, 0.15) is 12.8 Å². The molecule has 16 heavy (non-hydrogen) atoms. The lowest BCUT2D eigenvalue weighted by atomic mass is 10.2. The maximum atomic E-state index is 13.3. The van der Waals surface area contributed by atoms with Gasteiger partial charge in [0, 0.05) is 16.7 Å². The van der Waals surface area contributed by atoms with Crippen LogP contribution in [-0.4, -0.2) is 18.8 Å². The number of hydrogen-bond acceptors (Lipinski definition) is 2. The van der Waals surface area contributed by atoms with Crippen LogP contribution in [0.4, 0.5) is 4.39 Å². The standard InChI is InChI=1S/C13H18FNS/c1-3-4-7-11(15-2)10-16-13-9-6-5-8-12(13)14/h3,5-6,8-9,11,15H,1,4,7,10H2,2H3. The van der Waals surface area contributed by atoms with E-state index in [4.69, 9.17) is 0 Å². The Hall–Kier alpha value is -0.800. The lowest BCUT2D eigenvalue weighted by molar-refractivity contribution is 0.576. The van der Waals surface area contributed by atoms with Gasteiger partial charge in [-0.1, -0.05) is 18.2 Å². The minimum atomic E-state index is -0.133. The molecule has 3 heteroatoms. The van der Waals surface area contributed by atoms with E-state index in [1.54, 1.807) is 17.8 Å². The van der Waals surface area contributed by atoms with E-state index in [1.165, 1.54) is 6.07 Å². The van der Waals surface area contributed by atoms with Gasteiger partial charge in [-0.05, 0) is 32.0 Å². The Balaban J connectivity index is 2.43. The van der Waals surface area contributed by atoms with E-state index in [9.17, 15) is 4.39 Å². The summed E-state index contributed by atoms with van der Waals surface area (Å²) in [6.45, 7) is 3.70. The second-order valence-corrected chi connectivity index (χ2v) is 4.65. The zero-order valence-corrected chi connectivity index (χ0v) is 10.4. The molecule has 1 N–H and O–H groups in total. The van der Waals surface area contributed by atoms with Gasteiger partial charge >= 0.3 is 0 Å². The summed E-state index contributed by atoms with van der Waals surface area (Å²) < 4.78 is 13.3. The van der Waals surface area contributed by atoms with Gasteiger partial charge in [-0.2, -0.15) is 0 Å². The minimum absolute atomic E-state index is 0.133. The smallest absolute Gasteiger partial charge is 0.136 e. The van der Waals surface area contributed by atoms with E-state index < -0.39 is 0 Å². The summed E-state index contributed by atoms with van der Waals surface area (Å²) in [5.41, 5.74) is 0. The Bertz CT molecular complexity index is 327. The molecule has 0 radical (unpaired) electrons. The average molecular weight is 239 g/mol. The fourth-order valence-corrected chi connectivity index (χ4v) is 2.48. The van der Waals surface area contributed by atoms with Crippen LogP contribution in [0, 0.1) is 5.82 Å². The number of halogens is 1. The molecular weight excluding hydrogens is 221 g/mol. The van der Waals surface area contributed by atoms with Crippen LogP contribution in [0.3, 0.4) is 0 Å². The highest BCUT2D eigenvalue weighted by Gasteiger charge is 2.07. The van der Waals surface area contributed by atoms with Crippen molar-refractivity contribution in [2.24, 2.45) is 0 Å². The number of thioether (sulfide) groups is 1. The molecule has 0 saturated carbocycles. The summed E-state index contributed by atoms with van der Waals surface area (Å²) in [5, 5.41) is 3.24. The van der Waals surface area contributed by atoms with E-state index in [0.29, 0.717) is 6.04 Å². The number of allylic oxidation sites excluding steroid dienone is 1. The van der Waals surface area contributed by atoms with Crippen molar-refractivity contribution in [2.45, 2.75) is 23.8 Å². The van der Waals surface area contributed by atoms with Crippen LogP contribution in [0.15, 0.2) is 41.8 Å². The average Bonchev–Trinajstić information content (AvgIpc) is 2.31. The van der Waals surface area contributed by atoms with Crippen molar-refractivity contribution in [2.75, 3.05) is 12.8 Å². The number of hydrogen-bond donors (Lipinski definition) is 1. The van der Waals surface area contributed by atoms with E-state index in [0.717, 1.165) is 23.5 Å². The molecule has 88 valence electrons. The summed E-state index contributed by atoms with van der Waals surface area (Å²) in [6.07, 6.45) is 3.95. The molecule has 1 aromatic carbocycles. The molecule has 0 fully saturated rings. The Morgan fingerprint density at radius 2 is 2.25 bits per heavy atom. The highest BCUT2D eigenvalue weighted by molar-refractivity contribution is 7.99. The van der Waals surface area contributed by atoms with Crippen LogP contribution in [0.2, 0.25) is 0 Å². The van der Waals surface area contributed by atoms with Crippen LogP contribution in [-0.2, 0) is 0 Å². The number of rotatable bonds is 7. The summed E-state index contributed by atoms with van der Waals surface area (Å²) in [7, 11) is 1.94. The summed E-state index contributed by atoms with van der Waals surface area (Å²) in [5.74, 6) is 0.747. The Morgan fingerprint density at radius 1 is 1.50 bits per heavy atom. The molecule has 0 saturated heterocycles. The van der Waals surface area contributed by atoms with Gasteiger partial charge in [0.25, 0.3) is 0 Å². The summed E-state index contributed by atoms with van der Waals surface area (Å²) in [4.78, 5) is 0.723. The largest absolute Gasteiger partial charge is 0.316 e. The third kappa shape index (κ3) is 4.37. The molecule has 0 aliphatic carbocycles. The molecule has 0 aliphatic heterocycles. The van der Waals surface area contributed by atoms with Crippen LogP contribution >= 0.6 is 11.8 Å². The van der Waals surface area contributed by atoms with E-state index in [2.05, 4.69) is 11.9 Å². The molecule has 0 bridgehead atoms. The van der Waals surface area contributed by atoms with Gasteiger partial charge in [0.2, 0.25) is 0 Å². The zero-order chi connectivity index (χ0) is 11.8. The van der Waals surface area contributed by atoms with Crippen LogP contribution < -0.4 is 5.32 Å². The van der Waals surface area contributed by atoms with Gasteiger partial charge in [0.15, 0.2) is 0 Å². The maximum absolute atomic E-state index is 13.3. The highest BCUT2D eigenvalue weighted by Crippen LogP contribution is 2.22. The Kier molecular flexibility index (Phi) is 6.19. The molecule has 0 aliphatic rings. The van der Waals surface area contributed by atoms with E-state index >= 15 is 0 Å². The second-order valence-electron chi connectivity index (χ2n) is 3.59. The molecule has 1 atom stereocenters.